The number of likely N-dealkylation sites (N-methyl/N-ethyl adjacent to an activating group) is 1. The number of imide groups is 1. The van der Waals surface area contributed by atoms with Crippen LogP contribution in [0.4, 0.5) is 16.2 Å². The second-order valence-corrected chi connectivity index (χ2v) is 9.48. The summed E-state index contributed by atoms with van der Waals surface area (Å²) < 4.78 is 5.14. The van der Waals surface area contributed by atoms with E-state index in [0.29, 0.717) is 11.1 Å². The van der Waals surface area contributed by atoms with Gasteiger partial charge in [-0.1, -0.05) is 48.5 Å². The zero-order chi connectivity index (χ0) is 28.7. The number of benzene rings is 3. The summed E-state index contributed by atoms with van der Waals surface area (Å²) >= 11 is 0. The summed E-state index contributed by atoms with van der Waals surface area (Å²) in [5.74, 6) is -2.79. The van der Waals surface area contributed by atoms with Crippen LogP contribution in [-0.2, 0) is 4.79 Å². The molecule has 12 nitrogen and oxygen atoms in total. The Morgan fingerprint density at radius 3 is 2.12 bits per heavy atom. The molecule has 0 bridgehead atoms. The van der Waals surface area contributed by atoms with Gasteiger partial charge in [0.2, 0.25) is 0 Å². The van der Waals surface area contributed by atoms with E-state index in [2.05, 4.69) is 0 Å². The number of carbonyl (C=O) groups is 3. The monoisotopic (exact) mass is 544 g/mol. The van der Waals surface area contributed by atoms with Crippen LogP contribution in [0.3, 0.4) is 0 Å². The zero-order valence-corrected chi connectivity index (χ0v) is 21.5. The standard InChI is InChI=1S/C28H24N4O8/c1-3-29-27(34)25-22(16-9-12-19(13-10-16)31(36)37)23(26(33)17-7-5-4-6-8-17)24(30(25)28(29)35)18-11-14-21(40-2)20(15-18)32(38)39/h4-15,22-25H,3H2,1-2H3. The van der Waals surface area contributed by atoms with Gasteiger partial charge in [0.25, 0.3) is 11.6 Å². The lowest BCUT2D eigenvalue weighted by Crippen LogP contribution is -2.38. The van der Waals surface area contributed by atoms with E-state index >= 15 is 0 Å². The van der Waals surface area contributed by atoms with Gasteiger partial charge in [0.05, 0.1) is 28.9 Å². The second kappa shape index (κ2) is 10.2. The lowest BCUT2D eigenvalue weighted by molar-refractivity contribution is -0.385. The summed E-state index contributed by atoms with van der Waals surface area (Å²) in [5, 5.41) is 23.2. The smallest absolute Gasteiger partial charge is 0.327 e. The number of Topliss-reactive ketones (excluding diaryl/α,β-unsaturated/α-hetero) is 1. The van der Waals surface area contributed by atoms with Crippen LogP contribution in [0.15, 0.2) is 72.8 Å². The number of fused-ring (bicyclic) bond motifs is 1. The summed E-state index contributed by atoms with van der Waals surface area (Å²) in [5.41, 5.74) is 0.554. The molecule has 40 heavy (non-hydrogen) atoms. The maximum Gasteiger partial charge on any atom is 0.327 e. The van der Waals surface area contributed by atoms with Gasteiger partial charge in [-0.25, -0.2) is 4.79 Å². The van der Waals surface area contributed by atoms with Crippen LogP contribution in [0.5, 0.6) is 5.75 Å². The molecule has 3 amide bonds. The summed E-state index contributed by atoms with van der Waals surface area (Å²) in [7, 11) is 1.29. The number of urea groups is 1. The van der Waals surface area contributed by atoms with Crippen LogP contribution in [0.2, 0.25) is 0 Å². The number of nitro benzene ring substituents is 2. The topological polar surface area (TPSA) is 153 Å². The van der Waals surface area contributed by atoms with E-state index in [1.807, 2.05) is 0 Å². The Labute approximate surface area is 228 Å². The number of amides is 3. The number of nitro groups is 2. The molecule has 2 fully saturated rings. The van der Waals surface area contributed by atoms with Crippen molar-refractivity contribution in [3.8, 4) is 5.75 Å². The summed E-state index contributed by atoms with van der Waals surface area (Å²) in [6.07, 6.45) is 0. The molecule has 2 aliphatic heterocycles. The SMILES string of the molecule is CCN1C(=O)C2C(c3ccc([N+](=O)[O-])cc3)C(C(=O)c3ccccc3)C(c3ccc(OC)c([N+](=O)[O-])c3)N2C1=O. The van der Waals surface area contributed by atoms with Crippen molar-refractivity contribution in [2.45, 2.75) is 24.9 Å². The van der Waals surface area contributed by atoms with Crippen LogP contribution >= 0.6 is 0 Å². The van der Waals surface area contributed by atoms with E-state index in [9.17, 15) is 34.6 Å². The Hall–Kier alpha value is -5.13. The molecular weight excluding hydrogens is 520 g/mol. The molecule has 0 saturated carbocycles. The lowest BCUT2D eigenvalue weighted by Gasteiger charge is -2.28. The molecule has 0 spiro atoms. The Morgan fingerprint density at radius 1 is 0.900 bits per heavy atom. The number of non-ortho nitro benzene ring substituents is 1. The van der Waals surface area contributed by atoms with Crippen LogP contribution in [0, 0.1) is 26.1 Å². The molecule has 3 aromatic carbocycles. The summed E-state index contributed by atoms with van der Waals surface area (Å²) in [6, 6.07) is 15.3. The van der Waals surface area contributed by atoms with Crippen LogP contribution in [-0.4, -0.2) is 57.1 Å². The first-order valence-electron chi connectivity index (χ1n) is 12.5. The van der Waals surface area contributed by atoms with E-state index in [1.165, 1.54) is 48.4 Å². The van der Waals surface area contributed by atoms with Gasteiger partial charge in [-0.15, -0.1) is 0 Å². The minimum absolute atomic E-state index is 0.000149. The number of hydrogen-bond donors (Lipinski definition) is 0. The molecule has 3 aromatic rings. The minimum atomic E-state index is -1.10. The van der Waals surface area contributed by atoms with Crippen molar-refractivity contribution in [1.29, 1.82) is 0 Å². The normalized spacial score (nSPS) is 21.9. The maximum absolute atomic E-state index is 14.2. The average molecular weight is 545 g/mol. The third kappa shape index (κ3) is 4.13. The van der Waals surface area contributed by atoms with Crippen LogP contribution < -0.4 is 4.74 Å². The van der Waals surface area contributed by atoms with Crippen molar-refractivity contribution in [3.63, 3.8) is 0 Å². The fraction of sp³-hybridized carbons (Fsp3) is 0.250. The van der Waals surface area contributed by atoms with Gasteiger partial charge < -0.3 is 9.64 Å². The van der Waals surface area contributed by atoms with Gasteiger partial charge in [-0.05, 0) is 24.1 Å². The van der Waals surface area contributed by atoms with E-state index in [-0.39, 0.29) is 35.0 Å². The number of nitrogens with zero attached hydrogens (tertiary/aromatic N) is 4. The minimum Gasteiger partial charge on any atom is -0.490 e. The Bertz CT molecular complexity index is 1530. The summed E-state index contributed by atoms with van der Waals surface area (Å²) in [4.78, 5) is 65.9. The number of ketones is 1. The predicted octanol–water partition coefficient (Wildman–Crippen LogP) is 4.50. The van der Waals surface area contributed by atoms with Gasteiger partial charge in [-0.2, -0.15) is 0 Å². The Kier molecular flexibility index (Phi) is 6.76. The molecule has 2 aliphatic rings. The van der Waals surface area contributed by atoms with Gasteiger partial charge in [0.15, 0.2) is 11.5 Å². The highest BCUT2D eigenvalue weighted by atomic mass is 16.6. The highest BCUT2D eigenvalue weighted by molar-refractivity contribution is 6.08. The van der Waals surface area contributed by atoms with E-state index in [4.69, 9.17) is 4.74 Å². The summed E-state index contributed by atoms with van der Waals surface area (Å²) in [6.45, 7) is 1.74. The fourth-order valence-corrected chi connectivity index (χ4v) is 5.82. The Morgan fingerprint density at radius 2 is 1.55 bits per heavy atom. The molecular formula is C28H24N4O8. The molecule has 0 N–H and O–H groups in total. The zero-order valence-electron chi connectivity index (χ0n) is 21.5. The molecule has 5 rings (SSSR count). The largest absolute Gasteiger partial charge is 0.490 e. The molecule has 0 aromatic heterocycles. The van der Waals surface area contributed by atoms with Gasteiger partial charge in [0, 0.05) is 36.2 Å². The number of ether oxygens (including phenoxy) is 1. The molecule has 12 heteroatoms. The van der Waals surface area contributed by atoms with Crippen molar-refractivity contribution < 1.29 is 29.0 Å². The molecule has 4 atom stereocenters. The van der Waals surface area contributed by atoms with Gasteiger partial charge in [-0.3, -0.25) is 34.7 Å². The predicted molar refractivity (Wildman–Crippen MR) is 141 cm³/mol. The fourth-order valence-electron chi connectivity index (χ4n) is 5.82. The van der Waals surface area contributed by atoms with Crippen molar-refractivity contribution in [3.05, 3.63) is 110 Å². The van der Waals surface area contributed by atoms with E-state index in [1.54, 1.807) is 43.3 Å². The molecule has 204 valence electrons. The average Bonchev–Trinajstić information content (AvgIpc) is 3.44. The number of methoxy groups -OCH3 is 1. The van der Waals surface area contributed by atoms with Crippen LogP contribution in [0.1, 0.15) is 40.4 Å². The molecule has 4 unspecified atom stereocenters. The highest BCUT2D eigenvalue weighted by Gasteiger charge is 2.63. The third-order valence-corrected chi connectivity index (χ3v) is 7.54. The second-order valence-electron chi connectivity index (χ2n) is 9.48. The van der Waals surface area contributed by atoms with Gasteiger partial charge in [0.1, 0.15) is 6.04 Å². The molecule has 2 saturated heterocycles. The number of carbonyl (C=O) groups excluding carboxylic acids is 3. The van der Waals surface area contributed by atoms with Gasteiger partial charge >= 0.3 is 11.7 Å². The lowest BCUT2D eigenvalue weighted by atomic mass is 9.75. The number of hydrogen-bond acceptors (Lipinski definition) is 8. The highest BCUT2D eigenvalue weighted by Crippen LogP contribution is 2.54. The Balaban J connectivity index is 1.76. The van der Waals surface area contributed by atoms with Crippen molar-refractivity contribution in [1.82, 2.24) is 9.80 Å². The first-order valence-corrected chi connectivity index (χ1v) is 12.5. The maximum atomic E-state index is 14.2. The van der Waals surface area contributed by atoms with Crippen LogP contribution in [0.25, 0.3) is 0 Å². The van der Waals surface area contributed by atoms with E-state index < -0.39 is 45.7 Å². The van der Waals surface area contributed by atoms with Crippen molar-refractivity contribution >= 4 is 29.1 Å². The number of rotatable bonds is 8. The first-order chi connectivity index (χ1) is 19.2. The molecule has 2 heterocycles. The van der Waals surface area contributed by atoms with Crippen molar-refractivity contribution in [2.24, 2.45) is 5.92 Å². The third-order valence-electron chi connectivity index (χ3n) is 7.54. The molecule has 0 aliphatic carbocycles. The van der Waals surface area contributed by atoms with Crippen molar-refractivity contribution in [2.75, 3.05) is 13.7 Å². The molecule has 0 radical (unpaired) electrons. The quantitative estimate of drug-likeness (QED) is 0.174. The van der Waals surface area contributed by atoms with E-state index in [0.717, 1.165) is 4.90 Å². The first kappa shape index (κ1) is 26.5.